The van der Waals surface area contributed by atoms with E-state index in [0.29, 0.717) is 19.6 Å². The fourth-order valence-corrected chi connectivity index (χ4v) is 2.61. The molecule has 6 nitrogen and oxygen atoms in total. The lowest BCUT2D eigenvalue weighted by atomic mass is 10.0. The minimum atomic E-state index is -0.470. The molecular formula is C14H24N2O4. The van der Waals surface area contributed by atoms with Crippen molar-refractivity contribution in [2.75, 3.05) is 19.6 Å². The fraction of sp³-hybridized carbons (Fsp3) is 0.857. The molecule has 2 rings (SSSR count). The normalized spacial score (nSPS) is 24.8. The largest absolute Gasteiger partial charge is 0.444 e. The van der Waals surface area contributed by atoms with Gasteiger partial charge in [0.25, 0.3) is 0 Å². The highest BCUT2D eigenvalue weighted by Gasteiger charge is 2.36. The molecule has 2 amide bonds. The maximum atomic E-state index is 12.0. The maximum Gasteiger partial charge on any atom is 0.410 e. The van der Waals surface area contributed by atoms with Crippen LogP contribution in [0.3, 0.4) is 0 Å². The first-order chi connectivity index (χ1) is 9.26. The maximum absolute atomic E-state index is 12.0. The van der Waals surface area contributed by atoms with Gasteiger partial charge in [-0.1, -0.05) is 0 Å². The minimum Gasteiger partial charge on any atom is -0.444 e. The number of carbonyl (C=O) groups is 2. The Balaban J connectivity index is 1.83. The molecule has 1 unspecified atom stereocenters. The second kappa shape index (κ2) is 5.50. The molecule has 0 aromatic heterocycles. The molecule has 0 aliphatic carbocycles. The molecule has 2 aliphatic heterocycles. The number of rotatable bonds is 1. The molecular weight excluding hydrogens is 260 g/mol. The molecule has 0 spiro atoms. The molecule has 2 saturated heterocycles. The van der Waals surface area contributed by atoms with Crippen LogP contribution in [0.4, 0.5) is 9.59 Å². The SMILES string of the molecule is CC1CN(C2CCN(C(=O)OC(C)(C)C)CC2)C(=O)O1. The van der Waals surface area contributed by atoms with Crippen molar-refractivity contribution in [1.82, 2.24) is 9.80 Å². The molecule has 0 bridgehead atoms. The van der Waals surface area contributed by atoms with Crippen molar-refractivity contribution in [2.45, 2.75) is 58.3 Å². The van der Waals surface area contributed by atoms with Crippen LogP contribution in [0.25, 0.3) is 0 Å². The lowest BCUT2D eigenvalue weighted by Crippen LogP contribution is -2.48. The van der Waals surface area contributed by atoms with Crippen LogP contribution in [0.15, 0.2) is 0 Å². The van der Waals surface area contributed by atoms with Crippen LogP contribution in [0.5, 0.6) is 0 Å². The third-order valence-corrected chi connectivity index (χ3v) is 3.55. The number of hydrogen-bond acceptors (Lipinski definition) is 4. The van der Waals surface area contributed by atoms with Gasteiger partial charge in [0.2, 0.25) is 0 Å². The van der Waals surface area contributed by atoms with Gasteiger partial charge in [0.15, 0.2) is 0 Å². The lowest BCUT2D eigenvalue weighted by molar-refractivity contribution is 0.0168. The van der Waals surface area contributed by atoms with Gasteiger partial charge in [-0.25, -0.2) is 9.59 Å². The van der Waals surface area contributed by atoms with Crippen molar-refractivity contribution < 1.29 is 19.1 Å². The van der Waals surface area contributed by atoms with Crippen molar-refractivity contribution in [3.63, 3.8) is 0 Å². The summed E-state index contributed by atoms with van der Waals surface area (Å²) in [6, 6.07) is 0.172. The molecule has 2 heterocycles. The van der Waals surface area contributed by atoms with Crippen LogP contribution in [0, 0.1) is 0 Å². The van der Waals surface area contributed by atoms with Crippen LogP contribution in [0.1, 0.15) is 40.5 Å². The molecule has 0 radical (unpaired) electrons. The van der Waals surface area contributed by atoms with E-state index >= 15 is 0 Å². The smallest absolute Gasteiger partial charge is 0.410 e. The van der Waals surface area contributed by atoms with Crippen molar-refractivity contribution in [3.8, 4) is 0 Å². The van der Waals surface area contributed by atoms with Crippen molar-refractivity contribution in [3.05, 3.63) is 0 Å². The monoisotopic (exact) mass is 284 g/mol. The van der Waals surface area contributed by atoms with E-state index < -0.39 is 5.60 Å². The number of cyclic esters (lactones) is 1. The first-order valence-corrected chi connectivity index (χ1v) is 7.21. The lowest BCUT2D eigenvalue weighted by Gasteiger charge is -2.36. The number of ether oxygens (including phenoxy) is 2. The van der Waals surface area contributed by atoms with Gasteiger partial charge in [0.05, 0.1) is 6.54 Å². The van der Waals surface area contributed by atoms with Gasteiger partial charge in [-0.2, -0.15) is 0 Å². The molecule has 0 aromatic rings. The highest BCUT2D eigenvalue weighted by Crippen LogP contribution is 2.23. The first kappa shape index (κ1) is 14.9. The van der Waals surface area contributed by atoms with Crippen molar-refractivity contribution in [1.29, 1.82) is 0 Å². The zero-order valence-electron chi connectivity index (χ0n) is 12.7. The van der Waals surface area contributed by atoms with Gasteiger partial charge in [0, 0.05) is 19.1 Å². The number of likely N-dealkylation sites (tertiary alicyclic amines) is 1. The summed E-state index contributed by atoms with van der Waals surface area (Å²) in [5, 5.41) is 0. The second-order valence-corrected chi connectivity index (χ2v) is 6.55. The van der Waals surface area contributed by atoms with Crippen LogP contribution >= 0.6 is 0 Å². The Kier molecular flexibility index (Phi) is 4.11. The number of hydrogen-bond donors (Lipinski definition) is 0. The Bertz CT molecular complexity index is 383. The molecule has 2 fully saturated rings. The van der Waals surface area contributed by atoms with Crippen LogP contribution in [0.2, 0.25) is 0 Å². The van der Waals surface area contributed by atoms with Gasteiger partial charge in [-0.3, -0.25) is 0 Å². The Hall–Kier alpha value is -1.46. The average molecular weight is 284 g/mol. The van der Waals surface area contributed by atoms with Gasteiger partial charge >= 0.3 is 12.2 Å². The highest BCUT2D eigenvalue weighted by atomic mass is 16.6. The molecule has 2 aliphatic rings. The summed E-state index contributed by atoms with van der Waals surface area (Å²) in [5.41, 5.74) is -0.470. The van der Waals surface area contributed by atoms with Crippen LogP contribution < -0.4 is 0 Å². The number of carbonyl (C=O) groups excluding carboxylic acids is 2. The number of nitrogens with zero attached hydrogens (tertiary/aromatic N) is 2. The van der Waals surface area contributed by atoms with E-state index in [9.17, 15) is 9.59 Å². The zero-order valence-corrected chi connectivity index (χ0v) is 12.7. The number of amides is 2. The Morgan fingerprint density at radius 1 is 1.30 bits per heavy atom. The third kappa shape index (κ3) is 3.55. The predicted octanol–water partition coefficient (Wildman–Crippen LogP) is 2.23. The molecule has 0 aromatic carbocycles. The van der Waals surface area contributed by atoms with E-state index in [0.717, 1.165) is 12.8 Å². The van der Waals surface area contributed by atoms with Gasteiger partial charge < -0.3 is 19.3 Å². The molecule has 0 saturated carbocycles. The summed E-state index contributed by atoms with van der Waals surface area (Å²) in [6.07, 6.45) is 1.02. The average Bonchev–Trinajstić information content (AvgIpc) is 2.66. The summed E-state index contributed by atoms with van der Waals surface area (Å²) < 4.78 is 10.5. The first-order valence-electron chi connectivity index (χ1n) is 7.21. The topological polar surface area (TPSA) is 59.1 Å². The standard InChI is InChI=1S/C14H24N2O4/c1-10-9-16(13(18)19-10)11-5-7-15(8-6-11)12(17)20-14(2,3)4/h10-11H,5-9H2,1-4H3. The summed E-state index contributed by atoms with van der Waals surface area (Å²) in [5.74, 6) is 0. The molecule has 114 valence electrons. The van der Waals surface area contributed by atoms with E-state index in [-0.39, 0.29) is 24.3 Å². The Labute approximate surface area is 120 Å². The van der Waals surface area contributed by atoms with Crippen molar-refractivity contribution in [2.24, 2.45) is 0 Å². The summed E-state index contributed by atoms with van der Waals surface area (Å²) >= 11 is 0. The van der Waals surface area contributed by atoms with Gasteiger partial charge in [0.1, 0.15) is 11.7 Å². The molecule has 20 heavy (non-hydrogen) atoms. The Morgan fingerprint density at radius 3 is 2.35 bits per heavy atom. The minimum absolute atomic E-state index is 0.0358. The van der Waals surface area contributed by atoms with E-state index in [1.807, 2.05) is 27.7 Å². The van der Waals surface area contributed by atoms with Gasteiger partial charge in [-0.15, -0.1) is 0 Å². The fourth-order valence-electron chi connectivity index (χ4n) is 2.61. The summed E-state index contributed by atoms with van der Waals surface area (Å²) in [7, 11) is 0. The molecule has 1 atom stereocenters. The summed E-state index contributed by atoms with van der Waals surface area (Å²) in [4.78, 5) is 27.1. The molecule has 0 N–H and O–H groups in total. The Morgan fingerprint density at radius 2 is 1.90 bits per heavy atom. The second-order valence-electron chi connectivity index (χ2n) is 6.55. The quantitative estimate of drug-likeness (QED) is 0.741. The van der Waals surface area contributed by atoms with Crippen LogP contribution in [-0.2, 0) is 9.47 Å². The van der Waals surface area contributed by atoms with Gasteiger partial charge in [-0.05, 0) is 40.5 Å². The van der Waals surface area contributed by atoms with E-state index in [1.165, 1.54) is 0 Å². The van der Waals surface area contributed by atoms with Crippen LogP contribution in [-0.4, -0.2) is 59.4 Å². The third-order valence-electron chi connectivity index (χ3n) is 3.55. The number of piperidine rings is 1. The predicted molar refractivity (Wildman–Crippen MR) is 73.5 cm³/mol. The summed E-state index contributed by atoms with van der Waals surface area (Å²) in [6.45, 7) is 9.37. The molecule has 6 heteroatoms. The zero-order chi connectivity index (χ0) is 14.9. The highest BCUT2D eigenvalue weighted by molar-refractivity contribution is 5.70. The van der Waals surface area contributed by atoms with Crippen molar-refractivity contribution >= 4 is 12.2 Å². The van der Waals surface area contributed by atoms with E-state index in [4.69, 9.17) is 9.47 Å². The van der Waals surface area contributed by atoms with E-state index in [1.54, 1.807) is 9.80 Å². The van der Waals surface area contributed by atoms with E-state index in [2.05, 4.69) is 0 Å².